The number of hydrogen-bond donors (Lipinski definition) is 2. The van der Waals surface area contributed by atoms with Crippen molar-refractivity contribution in [3.05, 3.63) is 42.6 Å². The van der Waals surface area contributed by atoms with Gasteiger partial charge in [0.2, 0.25) is 5.95 Å². The quantitative estimate of drug-likeness (QED) is 0.684. The van der Waals surface area contributed by atoms with Gasteiger partial charge < -0.3 is 10.3 Å². The molecule has 2 N–H and O–H groups in total. The zero-order valence-corrected chi connectivity index (χ0v) is 8.46. The van der Waals surface area contributed by atoms with Crippen molar-refractivity contribution in [3.8, 4) is 0 Å². The van der Waals surface area contributed by atoms with Crippen LogP contribution in [0.25, 0.3) is 5.65 Å². The van der Waals surface area contributed by atoms with Gasteiger partial charge in [-0.25, -0.2) is 9.50 Å². The van der Waals surface area contributed by atoms with Gasteiger partial charge in [0.1, 0.15) is 0 Å². The molecule has 0 aliphatic heterocycles. The molecule has 0 spiro atoms. The van der Waals surface area contributed by atoms with Crippen LogP contribution in [0.5, 0.6) is 0 Å². The van der Waals surface area contributed by atoms with E-state index in [0.717, 1.165) is 11.3 Å². The maximum atomic E-state index is 4.32. The Bertz CT molecular complexity index is 549. The zero-order valence-electron chi connectivity index (χ0n) is 8.46. The van der Waals surface area contributed by atoms with E-state index in [2.05, 4.69) is 25.4 Å². The Balaban J connectivity index is 1.79. The van der Waals surface area contributed by atoms with Gasteiger partial charge in [-0.05, 0) is 12.1 Å². The van der Waals surface area contributed by atoms with Gasteiger partial charge in [-0.1, -0.05) is 6.07 Å². The van der Waals surface area contributed by atoms with E-state index in [4.69, 9.17) is 0 Å². The van der Waals surface area contributed by atoms with E-state index in [1.807, 2.05) is 24.4 Å². The lowest BCUT2D eigenvalue weighted by molar-refractivity contribution is 0.944. The van der Waals surface area contributed by atoms with Crippen LogP contribution in [0.4, 0.5) is 5.95 Å². The maximum absolute atomic E-state index is 4.32. The van der Waals surface area contributed by atoms with Crippen LogP contribution in [0.15, 0.2) is 36.9 Å². The van der Waals surface area contributed by atoms with Crippen molar-refractivity contribution in [2.45, 2.75) is 6.54 Å². The molecule has 0 saturated heterocycles. The molecule has 3 aromatic rings. The summed E-state index contributed by atoms with van der Waals surface area (Å²) in [7, 11) is 0. The summed E-state index contributed by atoms with van der Waals surface area (Å²) < 4.78 is 1.73. The number of aromatic nitrogens is 5. The van der Waals surface area contributed by atoms with E-state index in [-0.39, 0.29) is 0 Å². The van der Waals surface area contributed by atoms with Crippen LogP contribution in [0, 0.1) is 0 Å². The average Bonchev–Trinajstić information content (AvgIpc) is 2.95. The highest BCUT2D eigenvalue weighted by molar-refractivity contribution is 5.42. The average molecular weight is 214 g/mol. The maximum Gasteiger partial charge on any atom is 0.243 e. The first kappa shape index (κ1) is 8.90. The van der Waals surface area contributed by atoms with Gasteiger partial charge >= 0.3 is 0 Å². The van der Waals surface area contributed by atoms with Gasteiger partial charge in [-0.15, -0.1) is 5.10 Å². The summed E-state index contributed by atoms with van der Waals surface area (Å²) >= 11 is 0. The molecule has 3 heterocycles. The predicted molar refractivity (Wildman–Crippen MR) is 58.9 cm³/mol. The van der Waals surface area contributed by atoms with E-state index >= 15 is 0 Å². The Morgan fingerprint density at radius 2 is 2.38 bits per heavy atom. The monoisotopic (exact) mass is 214 g/mol. The number of aromatic amines is 1. The summed E-state index contributed by atoms with van der Waals surface area (Å²) in [6.45, 7) is 0.636. The normalized spacial score (nSPS) is 10.8. The van der Waals surface area contributed by atoms with Crippen molar-refractivity contribution in [2.75, 3.05) is 5.32 Å². The van der Waals surface area contributed by atoms with Gasteiger partial charge in [-0.2, -0.15) is 4.98 Å². The van der Waals surface area contributed by atoms with Gasteiger partial charge in [0, 0.05) is 12.4 Å². The number of hydrogen-bond acceptors (Lipinski definition) is 4. The van der Waals surface area contributed by atoms with Crippen molar-refractivity contribution in [1.82, 2.24) is 24.6 Å². The lowest BCUT2D eigenvalue weighted by Crippen LogP contribution is -2.01. The molecule has 0 bridgehead atoms. The molecule has 0 fully saturated rings. The summed E-state index contributed by atoms with van der Waals surface area (Å²) in [5, 5.41) is 7.39. The van der Waals surface area contributed by atoms with Gasteiger partial charge in [-0.3, -0.25) is 0 Å². The van der Waals surface area contributed by atoms with Crippen molar-refractivity contribution >= 4 is 11.6 Å². The number of pyridine rings is 1. The number of nitrogens with zero attached hydrogens (tertiary/aromatic N) is 4. The summed E-state index contributed by atoms with van der Waals surface area (Å²) in [6.07, 6.45) is 5.28. The van der Waals surface area contributed by atoms with Crippen molar-refractivity contribution < 1.29 is 0 Å². The minimum absolute atomic E-state index is 0.612. The van der Waals surface area contributed by atoms with E-state index in [1.54, 1.807) is 17.0 Å². The molecule has 16 heavy (non-hydrogen) atoms. The number of anilines is 1. The van der Waals surface area contributed by atoms with E-state index in [1.165, 1.54) is 0 Å². The predicted octanol–water partition coefficient (Wildman–Crippen LogP) is 1.06. The molecule has 6 nitrogen and oxygen atoms in total. The molecule has 0 aromatic carbocycles. The third-order valence-electron chi connectivity index (χ3n) is 2.23. The smallest absolute Gasteiger partial charge is 0.243 e. The summed E-state index contributed by atoms with van der Waals surface area (Å²) in [5.74, 6) is 0.612. The summed E-state index contributed by atoms with van der Waals surface area (Å²) in [4.78, 5) is 11.3. The fourth-order valence-corrected chi connectivity index (χ4v) is 1.46. The largest absolute Gasteiger partial charge is 0.347 e. The molecule has 6 heteroatoms. The van der Waals surface area contributed by atoms with Gasteiger partial charge in [0.05, 0.1) is 18.6 Å². The molecular formula is C10H10N6. The van der Waals surface area contributed by atoms with Crippen LogP contribution >= 0.6 is 0 Å². The second kappa shape index (κ2) is 3.65. The lowest BCUT2D eigenvalue weighted by Gasteiger charge is -1.96. The Labute approximate surface area is 91.4 Å². The lowest BCUT2D eigenvalue weighted by atomic mass is 10.5. The van der Waals surface area contributed by atoms with Crippen molar-refractivity contribution in [3.63, 3.8) is 0 Å². The first-order chi connectivity index (χ1) is 7.92. The minimum atomic E-state index is 0.612. The fraction of sp³-hybridized carbons (Fsp3) is 0.100. The van der Waals surface area contributed by atoms with E-state index in [9.17, 15) is 0 Å². The number of rotatable bonds is 3. The molecule has 0 aliphatic rings. The molecule has 0 unspecified atom stereocenters. The Morgan fingerprint density at radius 1 is 1.38 bits per heavy atom. The van der Waals surface area contributed by atoms with Crippen molar-refractivity contribution in [2.24, 2.45) is 0 Å². The van der Waals surface area contributed by atoms with Crippen LogP contribution in [0.2, 0.25) is 0 Å². The first-order valence-electron chi connectivity index (χ1n) is 4.94. The van der Waals surface area contributed by atoms with Crippen LogP contribution in [0.3, 0.4) is 0 Å². The highest BCUT2D eigenvalue weighted by Crippen LogP contribution is 2.05. The molecule has 0 saturated carbocycles. The van der Waals surface area contributed by atoms with E-state index in [0.29, 0.717) is 12.5 Å². The third-order valence-corrected chi connectivity index (χ3v) is 2.23. The number of imidazole rings is 1. The first-order valence-corrected chi connectivity index (χ1v) is 4.94. The molecule has 0 amide bonds. The molecule has 80 valence electrons. The zero-order chi connectivity index (χ0) is 10.8. The number of nitrogens with one attached hydrogen (secondary N) is 2. The standard InChI is InChI=1S/C10H10N6/c1-2-4-16-9(3-1)14-10(15-16)12-6-8-5-11-7-13-8/h1-5,7H,6H2,(H,11,13)(H,12,15). The molecule has 0 radical (unpaired) electrons. The van der Waals surface area contributed by atoms with Crippen LogP contribution in [0.1, 0.15) is 5.69 Å². The molecule has 0 atom stereocenters. The highest BCUT2D eigenvalue weighted by atomic mass is 15.3. The molecule has 3 rings (SSSR count). The Hall–Kier alpha value is -2.37. The third kappa shape index (κ3) is 1.60. The second-order valence-electron chi connectivity index (χ2n) is 3.37. The number of H-pyrrole nitrogens is 1. The minimum Gasteiger partial charge on any atom is -0.347 e. The summed E-state index contributed by atoms with van der Waals surface area (Å²) in [5.41, 5.74) is 1.83. The number of fused-ring (bicyclic) bond motifs is 1. The summed E-state index contributed by atoms with van der Waals surface area (Å²) in [6, 6.07) is 5.76. The fourth-order valence-electron chi connectivity index (χ4n) is 1.46. The Morgan fingerprint density at radius 3 is 3.19 bits per heavy atom. The SMILES string of the molecule is c1ccn2nc(NCc3cnc[nH]3)nc2c1. The molecule has 3 aromatic heterocycles. The molecular weight excluding hydrogens is 204 g/mol. The topological polar surface area (TPSA) is 70.9 Å². The van der Waals surface area contributed by atoms with Crippen LogP contribution in [-0.4, -0.2) is 24.6 Å². The van der Waals surface area contributed by atoms with Gasteiger partial charge in [0.25, 0.3) is 0 Å². The molecule has 0 aliphatic carbocycles. The highest BCUT2D eigenvalue weighted by Gasteiger charge is 2.01. The second-order valence-corrected chi connectivity index (χ2v) is 3.37. The van der Waals surface area contributed by atoms with Crippen molar-refractivity contribution in [1.29, 1.82) is 0 Å². The van der Waals surface area contributed by atoms with Crippen LogP contribution in [-0.2, 0) is 6.54 Å². The van der Waals surface area contributed by atoms with Crippen LogP contribution < -0.4 is 5.32 Å². The van der Waals surface area contributed by atoms with E-state index < -0.39 is 0 Å². The van der Waals surface area contributed by atoms with Gasteiger partial charge in [0.15, 0.2) is 5.65 Å². The Kier molecular flexibility index (Phi) is 2.03.